The zero-order valence-corrected chi connectivity index (χ0v) is 21.4. The zero-order valence-electron chi connectivity index (χ0n) is 21.4. The highest BCUT2D eigenvalue weighted by molar-refractivity contribution is 5.90. The van der Waals surface area contributed by atoms with Gasteiger partial charge in [-0.1, -0.05) is 55.0 Å². The molecule has 1 unspecified atom stereocenters. The van der Waals surface area contributed by atoms with E-state index in [1.807, 2.05) is 42.5 Å². The first-order valence-corrected chi connectivity index (χ1v) is 13.6. The Hall–Kier alpha value is -3.48. The molecule has 0 saturated carbocycles. The summed E-state index contributed by atoms with van der Waals surface area (Å²) in [6.45, 7) is 1.52. The summed E-state index contributed by atoms with van der Waals surface area (Å²) in [4.78, 5) is 38.1. The molecule has 196 valence electrons. The van der Waals surface area contributed by atoms with Crippen LogP contribution in [0.2, 0.25) is 0 Å². The fraction of sp³-hybridized carbons (Fsp3) is 0.467. The van der Waals surface area contributed by atoms with Crippen molar-refractivity contribution in [3.8, 4) is 0 Å². The Morgan fingerprint density at radius 3 is 2.59 bits per heavy atom. The Balaban J connectivity index is 1.48. The van der Waals surface area contributed by atoms with Crippen LogP contribution in [-0.2, 0) is 20.8 Å². The van der Waals surface area contributed by atoms with Crippen molar-refractivity contribution in [3.63, 3.8) is 0 Å². The number of nitrogens with one attached hydrogen (secondary N) is 2. The van der Waals surface area contributed by atoms with Gasteiger partial charge >= 0.3 is 5.97 Å². The molecule has 2 heterocycles. The van der Waals surface area contributed by atoms with Crippen LogP contribution in [0.3, 0.4) is 0 Å². The molecule has 2 bridgehead atoms. The van der Waals surface area contributed by atoms with Crippen molar-refractivity contribution in [2.24, 2.45) is 5.92 Å². The Morgan fingerprint density at radius 2 is 1.78 bits per heavy atom. The van der Waals surface area contributed by atoms with Crippen LogP contribution in [0.5, 0.6) is 0 Å². The van der Waals surface area contributed by atoms with E-state index in [2.05, 4.69) is 33.6 Å². The van der Waals surface area contributed by atoms with Crippen LogP contribution in [0.15, 0.2) is 54.6 Å². The third-order valence-electron chi connectivity index (χ3n) is 7.41. The minimum absolute atomic E-state index is 0.00371. The Morgan fingerprint density at radius 1 is 1.03 bits per heavy atom. The number of rotatable bonds is 8. The highest BCUT2D eigenvalue weighted by Gasteiger charge is 2.35. The Kier molecular flexibility index (Phi) is 9.46. The van der Waals surface area contributed by atoms with Crippen LogP contribution in [0.4, 0.5) is 5.69 Å². The van der Waals surface area contributed by atoms with Gasteiger partial charge in [0.25, 0.3) is 0 Å². The number of carboxylic acid groups (broad SMARTS) is 1. The summed E-state index contributed by atoms with van der Waals surface area (Å²) in [6, 6.07) is 17.5. The van der Waals surface area contributed by atoms with Gasteiger partial charge in [-0.15, -0.1) is 0 Å². The molecule has 3 atom stereocenters. The minimum Gasteiger partial charge on any atom is -0.481 e. The van der Waals surface area contributed by atoms with Gasteiger partial charge in [0.2, 0.25) is 17.5 Å². The lowest BCUT2D eigenvalue weighted by atomic mass is 9.92. The van der Waals surface area contributed by atoms with E-state index in [9.17, 15) is 19.5 Å². The molecule has 2 aromatic rings. The zero-order chi connectivity index (χ0) is 26.0. The number of hydrogen-bond acceptors (Lipinski definition) is 3. The lowest BCUT2D eigenvalue weighted by molar-refractivity contribution is -0.433. The number of para-hydroxylation sites is 1. The number of amides is 2. The van der Waals surface area contributed by atoms with Gasteiger partial charge in [0.1, 0.15) is 12.6 Å². The maximum Gasteiger partial charge on any atom is 0.304 e. The third-order valence-corrected chi connectivity index (χ3v) is 7.41. The number of aryl methyl sites for hydroxylation is 1. The van der Waals surface area contributed by atoms with Gasteiger partial charge in [0.05, 0.1) is 12.3 Å². The van der Waals surface area contributed by atoms with E-state index in [1.165, 1.54) is 5.69 Å². The van der Waals surface area contributed by atoms with E-state index >= 15 is 0 Å². The molecular weight excluding hydrogens is 466 g/mol. The maximum atomic E-state index is 13.3. The quantitative estimate of drug-likeness (QED) is 0.470. The van der Waals surface area contributed by atoms with Crippen molar-refractivity contribution >= 4 is 29.7 Å². The molecule has 37 heavy (non-hydrogen) atoms. The van der Waals surface area contributed by atoms with Gasteiger partial charge < -0.3 is 15.7 Å². The standard InChI is InChI=1S/C30H37N3O4/c34-28(35)20-23(14-10-13-22-11-4-3-5-12-22)29(36)32-26-19-24-21-33(27-16-7-6-15-25(24)27)18-9-2-1-8-17-31-30(26)37/h3-7,11-12,15-16,21,23-24,26H,1-2,8-10,13-14,17-20H2,(H2-,31,32,34,35,36,37)/p+1/t23-,24?,26+/m1/s1. The largest absolute Gasteiger partial charge is 0.481 e. The average molecular weight is 505 g/mol. The Labute approximate surface area is 219 Å². The van der Waals surface area contributed by atoms with Crippen LogP contribution in [-0.4, -0.2) is 52.8 Å². The summed E-state index contributed by atoms with van der Waals surface area (Å²) in [7, 11) is 0. The van der Waals surface area contributed by atoms with Crippen LogP contribution in [0.1, 0.15) is 68.4 Å². The van der Waals surface area contributed by atoms with E-state index in [0.29, 0.717) is 25.8 Å². The predicted octanol–water partition coefficient (Wildman–Crippen LogP) is 4.18. The van der Waals surface area contributed by atoms with Crippen molar-refractivity contribution in [3.05, 3.63) is 65.7 Å². The van der Waals surface area contributed by atoms with Crippen molar-refractivity contribution in [1.82, 2.24) is 10.6 Å². The molecule has 2 amide bonds. The number of carbonyl (C=O) groups excluding carboxylic acids is 2. The lowest BCUT2D eigenvalue weighted by Gasteiger charge is -2.23. The molecule has 4 rings (SSSR count). The van der Waals surface area contributed by atoms with E-state index < -0.39 is 17.9 Å². The van der Waals surface area contributed by atoms with Crippen molar-refractivity contribution in [1.29, 1.82) is 0 Å². The molecule has 0 aliphatic carbocycles. The number of aliphatic carboxylic acids is 1. The van der Waals surface area contributed by atoms with E-state index in [4.69, 9.17) is 0 Å². The predicted molar refractivity (Wildman–Crippen MR) is 143 cm³/mol. The van der Waals surface area contributed by atoms with Crippen molar-refractivity contribution in [2.75, 3.05) is 13.1 Å². The van der Waals surface area contributed by atoms with Crippen molar-refractivity contribution < 1.29 is 24.1 Å². The first-order chi connectivity index (χ1) is 18.0. The fourth-order valence-corrected chi connectivity index (χ4v) is 5.43. The minimum atomic E-state index is -1.01. The van der Waals surface area contributed by atoms with Gasteiger partial charge in [-0.05, 0) is 44.1 Å². The number of nitrogens with zero attached hydrogens (tertiary/aromatic N) is 1. The molecule has 0 fully saturated rings. The average Bonchev–Trinajstić information content (AvgIpc) is 3.24. The monoisotopic (exact) mass is 504 g/mol. The van der Waals surface area contributed by atoms with E-state index in [0.717, 1.165) is 49.8 Å². The second kappa shape index (κ2) is 13.2. The normalized spacial score (nSPS) is 20.8. The van der Waals surface area contributed by atoms with Gasteiger partial charge in [-0.3, -0.25) is 14.4 Å². The number of benzene rings is 2. The second-order valence-electron chi connectivity index (χ2n) is 10.2. The van der Waals surface area contributed by atoms with Crippen LogP contribution in [0, 0.1) is 5.92 Å². The summed E-state index contributed by atoms with van der Waals surface area (Å²) < 4.78 is 2.28. The molecule has 2 aromatic carbocycles. The van der Waals surface area contributed by atoms with Gasteiger partial charge in [0.15, 0.2) is 6.21 Å². The molecule has 7 heteroatoms. The summed E-state index contributed by atoms with van der Waals surface area (Å²) >= 11 is 0. The highest BCUT2D eigenvalue weighted by Crippen LogP contribution is 2.34. The topological polar surface area (TPSA) is 98.5 Å². The van der Waals surface area contributed by atoms with E-state index in [1.54, 1.807) is 0 Å². The third kappa shape index (κ3) is 7.51. The Bertz CT molecular complexity index is 1110. The molecule has 0 radical (unpaired) electrons. The molecule has 0 spiro atoms. The van der Waals surface area contributed by atoms with Gasteiger partial charge in [-0.25, -0.2) is 4.58 Å². The van der Waals surface area contributed by atoms with E-state index in [-0.39, 0.29) is 24.2 Å². The number of carboxylic acids is 1. The fourth-order valence-electron chi connectivity index (χ4n) is 5.43. The molecular formula is C30H38N3O4+. The molecule has 3 N–H and O–H groups in total. The molecule has 0 aromatic heterocycles. The molecule has 0 saturated heterocycles. The van der Waals surface area contributed by atoms with Crippen LogP contribution >= 0.6 is 0 Å². The highest BCUT2D eigenvalue weighted by atomic mass is 16.4. The smallest absolute Gasteiger partial charge is 0.304 e. The van der Waals surface area contributed by atoms with Crippen LogP contribution < -0.4 is 10.6 Å². The molecule has 2 aliphatic rings. The van der Waals surface area contributed by atoms with Gasteiger partial charge in [0, 0.05) is 30.5 Å². The second-order valence-corrected chi connectivity index (χ2v) is 10.2. The molecule has 7 nitrogen and oxygen atoms in total. The first-order valence-electron chi connectivity index (χ1n) is 13.6. The number of carbonyl (C=O) groups is 3. The van der Waals surface area contributed by atoms with Crippen LogP contribution in [0.25, 0.3) is 0 Å². The SMILES string of the molecule is O=C(O)C[C@@H](CCCc1ccccc1)C(=O)N[C@H]1CC2C=[N+](CCCCCCNC1=O)c1ccccc12. The van der Waals surface area contributed by atoms with Crippen molar-refractivity contribution in [2.45, 2.75) is 69.7 Å². The first kappa shape index (κ1) is 26.6. The maximum absolute atomic E-state index is 13.3. The number of hydrogen-bond donors (Lipinski definition) is 3. The van der Waals surface area contributed by atoms with Gasteiger partial charge in [-0.2, -0.15) is 0 Å². The summed E-state index contributed by atoms with van der Waals surface area (Å²) in [5.41, 5.74) is 3.49. The lowest BCUT2D eigenvalue weighted by Crippen LogP contribution is -2.49. The summed E-state index contributed by atoms with van der Waals surface area (Å²) in [6.07, 6.45) is 8.43. The molecule has 2 aliphatic heterocycles. The summed E-state index contributed by atoms with van der Waals surface area (Å²) in [5.74, 6) is -2.25. The number of fused-ring (bicyclic) bond motifs is 4. The summed E-state index contributed by atoms with van der Waals surface area (Å²) in [5, 5.41) is 15.4.